The van der Waals surface area contributed by atoms with E-state index in [4.69, 9.17) is 4.74 Å². The highest BCUT2D eigenvalue weighted by Gasteiger charge is 2.30. The summed E-state index contributed by atoms with van der Waals surface area (Å²) in [6, 6.07) is 11.7. The second kappa shape index (κ2) is 11.0. The van der Waals surface area contributed by atoms with Crippen molar-refractivity contribution in [1.82, 2.24) is 19.7 Å². The summed E-state index contributed by atoms with van der Waals surface area (Å²) in [6.45, 7) is 4.82. The summed E-state index contributed by atoms with van der Waals surface area (Å²) >= 11 is 0. The van der Waals surface area contributed by atoms with Crippen LogP contribution in [0.5, 0.6) is 17.2 Å². The van der Waals surface area contributed by atoms with Gasteiger partial charge in [0.1, 0.15) is 17.6 Å². The van der Waals surface area contributed by atoms with Crippen molar-refractivity contribution >= 4 is 11.8 Å². The van der Waals surface area contributed by atoms with Crippen LogP contribution in [0.25, 0.3) is 0 Å². The number of ether oxygens (including phenoxy) is 1. The number of amides is 2. The molecule has 0 unspecified atom stereocenters. The van der Waals surface area contributed by atoms with Gasteiger partial charge in [-0.3, -0.25) is 14.5 Å². The van der Waals surface area contributed by atoms with E-state index in [1.54, 1.807) is 11.9 Å². The molecule has 0 spiro atoms. The number of piperidine rings is 1. The van der Waals surface area contributed by atoms with Crippen LogP contribution in [-0.4, -0.2) is 69.9 Å². The lowest BCUT2D eigenvalue weighted by Gasteiger charge is -2.29. The van der Waals surface area contributed by atoms with Crippen molar-refractivity contribution in [2.75, 3.05) is 27.2 Å². The van der Waals surface area contributed by atoms with Crippen LogP contribution in [0.4, 0.5) is 4.53 Å². The Hall–Kier alpha value is -4.05. The zero-order valence-corrected chi connectivity index (χ0v) is 22.4. The van der Waals surface area contributed by atoms with Crippen molar-refractivity contribution in [1.29, 1.82) is 0 Å². The number of likely N-dealkylation sites (tertiary alicyclic amines) is 1. The molecule has 206 valence electrons. The Balaban J connectivity index is 1.31. The number of carbonyl (C=O) groups is 2. The molecule has 10 heteroatoms. The Kier molecular flexibility index (Phi) is 7.47. The molecule has 0 bridgehead atoms. The van der Waals surface area contributed by atoms with Crippen LogP contribution in [0.2, 0.25) is 0 Å². The SMILES string of the molecule is Cc1ccc(CN(C)C(=O)c2cc(C(=O)N3Cc4ccc(OC5CCN(C)CC5)cc4C3)c(O)cc2OF)[nH]1. The Morgan fingerprint density at radius 2 is 1.82 bits per heavy atom. The zero-order chi connectivity index (χ0) is 27.7. The predicted octanol–water partition coefficient (Wildman–Crippen LogP) is 4.19. The largest absolute Gasteiger partial charge is 0.507 e. The fraction of sp³-hybridized carbons (Fsp3) is 0.379. The molecule has 5 rings (SSSR count). The van der Waals surface area contributed by atoms with Gasteiger partial charge in [-0.2, -0.15) is 0 Å². The maximum absolute atomic E-state index is 13.5. The van der Waals surface area contributed by atoms with Crippen LogP contribution in [0.1, 0.15) is 56.1 Å². The number of aromatic nitrogens is 1. The van der Waals surface area contributed by atoms with Gasteiger partial charge >= 0.3 is 0 Å². The third kappa shape index (κ3) is 5.70. The van der Waals surface area contributed by atoms with Crippen LogP contribution < -0.4 is 9.68 Å². The minimum absolute atomic E-state index is 0.0983. The van der Waals surface area contributed by atoms with Crippen LogP contribution in [0.15, 0.2) is 42.5 Å². The molecule has 9 nitrogen and oxygen atoms in total. The number of carbonyl (C=O) groups excluding carboxylic acids is 2. The van der Waals surface area contributed by atoms with Crippen LogP contribution >= 0.6 is 0 Å². The van der Waals surface area contributed by atoms with Gasteiger partial charge < -0.3 is 29.5 Å². The highest BCUT2D eigenvalue weighted by atomic mass is 19.3. The number of hydrogen-bond acceptors (Lipinski definition) is 6. The third-order valence-corrected chi connectivity index (χ3v) is 7.44. The van der Waals surface area contributed by atoms with Gasteiger partial charge in [0.05, 0.1) is 17.7 Å². The van der Waals surface area contributed by atoms with Gasteiger partial charge in [-0.05, 0) is 68.3 Å². The average molecular weight is 537 g/mol. The Morgan fingerprint density at radius 3 is 2.51 bits per heavy atom. The molecule has 0 atom stereocenters. The lowest BCUT2D eigenvalue weighted by Crippen LogP contribution is -2.35. The standard InChI is InChI=1S/C29H33FN4O5/c1-18-4-6-21(31-18)17-33(3)28(36)25-13-24(26(35)14-27(25)39-30)29(37)34-15-19-5-7-23(12-20(19)16-34)38-22-8-10-32(2)11-9-22/h4-7,12-14,22,31,35H,8-11,15-17H2,1-3H3. The number of H-pyrrole nitrogens is 1. The molecule has 0 radical (unpaired) electrons. The predicted molar refractivity (Wildman–Crippen MR) is 142 cm³/mol. The molecule has 1 fully saturated rings. The summed E-state index contributed by atoms with van der Waals surface area (Å²) in [5, 5.41) is 10.6. The van der Waals surface area contributed by atoms with E-state index in [9.17, 15) is 19.2 Å². The molecule has 1 aromatic heterocycles. The molecular formula is C29H33FN4O5. The molecule has 2 aromatic carbocycles. The highest BCUT2D eigenvalue weighted by Crippen LogP contribution is 2.34. The number of phenolic OH excluding ortho intramolecular Hbond substituents is 1. The van der Waals surface area contributed by atoms with E-state index >= 15 is 0 Å². The summed E-state index contributed by atoms with van der Waals surface area (Å²) in [5.41, 5.74) is 3.45. The molecule has 0 saturated carbocycles. The molecule has 2 aliphatic rings. The number of rotatable bonds is 7. The molecular weight excluding hydrogens is 503 g/mol. The number of aryl methyl sites for hydroxylation is 1. The topological polar surface area (TPSA) is 98.3 Å². The molecule has 3 heterocycles. The summed E-state index contributed by atoms with van der Waals surface area (Å²) in [6.07, 6.45) is 2.11. The summed E-state index contributed by atoms with van der Waals surface area (Å²) < 4.78 is 19.6. The number of nitrogens with zero attached hydrogens (tertiary/aromatic N) is 3. The number of aromatic hydroxyl groups is 1. The number of hydrogen-bond donors (Lipinski definition) is 2. The molecule has 2 amide bonds. The van der Waals surface area contributed by atoms with E-state index in [0.29, 0.717) is 13.1 Å². The maximum atomic E-state index is 13.5. The minimum atomic E-state index is -0.552. The minimum Gasteiger partial charge on any atom is -0.507 e. The average Bonchev–Trinajstić information content (AvgIpc) is 3.54. The first-order chi connectivity index (χ1) is 18.7. The molecule has 3 aromatic rings. The van der Waals surface area contributed by atoms with Gasteiger partial charge in [0.2, 0.25) is 0 Å². The van der Waals surface area contributed by atoms with E-state index in [-0.39, 0.29) is 23.8 Å². The normalized spacial score (nSPS) is 15.7. The number of halogens is 1. The second-order valence-electron chi connectivity index (χ2n) is 10.5. The van der Waals surface area contributed by atoms with Crippen LogP contribution in [0, 0.1) is 6.92 Å². The first kappa shape index (κ1) is 26.6. The van der Waals surface area contributed by atoms with Crippen molar-refractivity contribution in [3.05, 3.63) is 76.1 Å². The molecule has 1 saturated heterocycles. The van der Waals surface area contributed by atoms with Gasteiger partial charge in [0.15, 0.2) is 5.75 Å². The van der Waals surface area contributed by atoms with Crippen LogP contribution in [-0.2, 0) is 19.6 Å². The van der Waals surface area contributed by atoms with Crippen molar-refractivity contribution in [3.8, 4) is 17.2 Å². The van der Waals surface area contributed by atoms with Gasteiger partial charge in [0, 0.05) is 55.2 Å². The summed E-state index contributed by atoms with van der Waals surface area (Å²) in [4.78, 5) is 38.9. The van der Waals surface area contributed by atoms with E-state index in [1.165, 1.54) is 11.0 Å². The number of aromatic amines is 1. The zero-order valence-electron chi connectivity index (χ0n) is 22.4. The van der Waals surface area contributed by atoms with Crippen molar-refractivity contribution in [2.45, 2.75) is 45.5 Å². The fourth-order valence-corrected chi connectivity index (χ4v) is 5.21. The van der Waals surface area contributed by atoms with E-state index < -0.39 is 23.3 Å². The quantitative estimate of drug-likeness (QED) is 0.470. The number of phenols is 1. The van der Waals surface area contributed by atoms with Crippen LogP contribution in [0.3, 0.4) is 0 Å². The van der Waals surface area contributed by atoms with Gasteiger partial charge in [0.25, 0.3) is 11.8 Å². The Labute approximate surface area is 226 Å². The number of benzene rings is 2. The Morgan fingerprint density at radius 1 is 1.08 bits per heavy atom. The highest BCUT2D eigenvalue weighted by molar-refractivity contribution is 6.03. The summed E-state index contributed by atoms with van der Waals surface area (Å²) in [7, 11) is 3.67. The van der Waals surface area contributed by atoms with Crippen molar-refractivity contribution in [3.63, 3.8) is 0 Å². The van der Waals surface area contributed by atoms with E-state index in [2.05, 4.69) is 21.9 Å². The van der Waals surface area contributed by atoms with Crippen molar-refractivity contribution < 1.29 is 28.9 Å². The maximum Gasteiger partial charge on any atom is 0.258 e. The molecule has 39 heavy (non-hydrogen) atoms. The lowest BCUT2D eigenvalue weighted by atomic mass is 10.1. The second-order valence-corrected chi connectivity index (χ2v) is 10.5. The smallest absolute Gasteiger partial charge is 0.258 e. The van der Waals surface area contributed by atoms with Crippen molar-refractivity contribution in [2.24, 2.45) is 0 Å². The summed E-state index contributed by atoms with van der Waals surface area (Å²) in [5.74, 6) is -1.16. The van der Waals surface area contributed by atoms with E-state index in [0.717, 1.165) is 60.3 Å². The van der Waals surface area contributed by atoms with Gasteiger partial charge in [-0.1, -0.05) is 6.07 Å². The number of nitrogens with one attached hydrogen (secondary N) is 1. The molecule has 2 N–H and O–H groups in total. The third-order valence-electron chi connectivity index (χ3n) is 7.44. The van der Waals surface area contributed by atoms with Gasteiger partial charge in [-0.25, -0.2) is 0 Å². The van der Waals surface area contributed by atoms with Gasteiger partial charge in [-0.15, -0.1) is 0 Å². The van der Waals surface area contributed by atoms with E-state index in [1.807, 2.05) is 37.3 Å². The fourth-order valence-electron chi connectivity index (χ4n) is 5.21. The molecule has 0 aliphatic carbocycles. The Bertz CT molecular complexity index is 1380. The first-order valence-electron chi connectivity index (χ1n) is 13.0. The molecule has 2 aliphatic heterocycles. The monoisotopic (exact) mass is 536 g/mol. The number of fused-ring (bicyclic) bond motifs is 1. The first-order valence-corrected chi connectivity index (χ1v) is 13.0. The lowest BCUT2D eigenvalue weighted by molar-refractivity contribution is -0.00776.